The lowest BCUT2D eigenvalue weighted by molar-refractivity contribution is -0.385. The summed E-state index contributed by atoms with van der Waals surface area (Å²) in [5, 5.41) is 20.6. The molecule has 1 aromatic heterocycles. The van der Waals surface area contributed by atoms with E-state index in [9.17, 15) is 15.2 Å². The highest BCUT2D eigenvalue weighted by molar-refractivity contribution is 6.42. The molecule has 0 fully saturated rings. The second kappa shape index (κ2) is 6.26. The third kappa shape index (κ3) is 3.60. The normalized spacial score (nSPS) is 12.0. The predicted octanol–water partition coefficient (Wildman–Crippen LogP) is 4.14. The molecule has 2 rings (SSSR count). The monoisotopic (exact) mass is 328 g/mol. The van der Waals surface area contributed by atoms with E-state index in [1.807, 2.05) is 0 Å². The number of pyridine rings is 1. The molecule has 1 aromatic carbocycles. The van der Waals surface area contributed by atoms with Crippen LogP contribution < -0.4 is 4.74 Å². The number of rotatable bonds is 4. The molecule has 0 saturated carbocycles. The molecule has 1 atom stereocenters. The number of halogens is 2. The molecule has 1 heterocycles. The lowest BCUT2D eigenvalue weighted by atomic mass is 10.2. The first-order chi connectivity index (χ1) is 9.88. The first-order valence-corrected chi connectivity index (χ1v) is 6.59. The minimum absolute atomic E-state index is 0.0407. The van der Waals surface area contributed by atoms with Crippen LogP contribution in [0.4, 0.5) is 5.69 Å². The number of nitro groups is 1. The average molecular weight is 329 g/mol. The molecule has 0 unspecified atom stereocenters. The number of benzene rings is 1. The van der Waals surface area contributed by atoms with Crippen molar-refractivity contribution in [3.8, 4) is 11.5 Å². The maximum Gasteiger partial charge on any atom is 0.313 e. The van der Waals surface area contributed by atoms with Gasteiger partial charge in [0, 0.05) is 12.1 Å². The van der Waals surface area contributed by atoms with E-state index < -0.39 is 11.0 Å². The van der Waals surface area contributed by atoms with Gasteiger partial charge in [-0.15, -0.1) is 0 Å². The predicted molar refractivity (Wildman–Crippen MR) is 78.1 cm³/mol. The Bertz CT molecular complexity index is 675. The Kier molecular flexibility index (Phi) is 4.62. The van der Waals surface area contributed by atoms with Crippen molar-refractivity contribution in [2.24, 2.45) is 0 Å². The van der Waals surface area contributed by atoms with Gasteiger partial charge in [-0.2, -0.15) is 0 Å². The zero-order valence-corrected chi connectivity index (χ0v) is 12.3. The number of hydrogen-bond acceptors (Lipinski definition) is 5. The number of nitrogens with zero attached hydrogens (tertiary/aromatic N) is 2. The van der Waals surface area contributed by atoms with Crippen molar-refractivity contribution in [3.63, 3.8) is 0 Å². The summed E-state index contributed by atoms with van der Waals surface area (Å²) in [6.45, 7) is 1.58. The molecule has 0 aliphatic heterocycles. The number of aromatic nitrogens is 1. The molecular formula is C13H10Cl2N2O4. The molecule has 0 amide bonds. The highest BCUT2D eigenvalue weighted by Crippen LogP contribution is 2.37. The number of nitro benzene ring substituents is 1. The van der Waals surface area contributed by atoms with Crippen molar-refractivity contribution in [2.45, 2.75) is 13.0 Å². The molecule has 0 saturated heterocycles. The Morgan fingerprint density at radius 3 is 2.52 bits per heavy atom. The summed E-state index contributed by atoms with van der Waals surface area (Å²) in [5.74, 6) is 0.238. The molecule has 6 nitrogen and oxygen atoms in total. The molecule has 0 radical (unpaired) electrons. The third-order valence-electron chi connectivity index (χ3n) is 2.61. The van der Waals surface area contributed by atoms with Crippen LogP contribution in [-0.4, -0.2) is 15.0 Å². The van der Waals surface area contributed by atoms with Crippen LogP contribution in [0.25, 0.3) is 0 Å². The summed E-state index contributed by atoms with van der Waals surface area (Å²) >= 11 is 11.6. The Balaban J connectivity index is 2.34. The van der Waals surface area contributed by atoms with Gasteiger partial charge in [0.25, 0.3) is 0 Å². The summed E-state index contributed by atoms with van der Waals surface area (Å²) in [7, 11) is 0. The van der Waals surface area contributed by atoms with Gasteiger partial charge in [-0.05, 0) is 19.1 Å². The van der Waals surface area contributed by atoms with Crippen molar-refractivity contribution in [3.05, 3.63) is 56.3 Å². The molecule has 0 aliphatic carbocycles. The topological polar surface area (TPSA) is 85.5 Å². The SMILES string of the molecule is C[C@@H](O)c1ccc(Oc2cc(Cl)c(Cl)cc2[N+](=O)[O-])cn1. The van der Waals surface area contributed by atoms with Crippen LogP contribution in [0.3, 0.4) is 0 Å². The van der Waals surface area contributed by atoms with Gasteiger partial charge in [-0.25, -0.2) is 0 Å². The number of ether oxygens (including phenoxy) is 1. The summed E-state index contributed by atoms with van der Waals surface area (Å²) in [4.78, 5) is 14.4. The first kappa shape index (κ1) is 15.5. The van der Waals surface area contributed by atoms with Crippen molar-refractivity contribution in [2.75, 3.05) is 0 Å². The highest BCUT2D eigenvalue weighted by atomic mass is 35.5. The second-order valence-corrected chi connectivity index (χ2v) is 5.00. The zero-order valence-electron chi connectivity index (χ0n) is 10.8. The third-order valence-corrected chi connectivity index (χ3v) is 3.34. The Morgan fingerprint density at radius 1 is 1.33 bits per heavy atom. The van der Waals surface area contributed by atoms with Gasteiger partial charge in [0.15, 0.2) is 0 Å². The summed E-state index contributed by atoms with van der Waals surface area (Å²) in [6.07, 6.45) is 0.646. The second-order valence-electron chi connectivity index (χ2n) is 4.19. The van der Waals surface area contributed by atoms with Gasteiger partial charge < -0.3 is 9.84 Å². The van der Waals surface area contributed by atoms with E-state index in [4.69, 9.17) is 27.9 Å². The molecule has 2 aromatic rings. The van der Waals surface area contributed by atoms with E-state index >= 15 is 0 Å². The highest BCUT2D eigenvalue weighted by Gasteiger charge is 2.19. The fraction of sp³-hybridized carbons (Fsp3) is 0.154. The van der Waals surface area contributed by atoms with E-state index in [2.05, 4.69) is 4.98 Å². The van der Waals surface area contributed by atoms with E-state index in [0.717, 1.165) is 6.07 Å². The lowest BCUT2D eigenvalue weighted by Gasteiger charge is -2.08. The Hall–Kier alpha value is -1.89. The molecule has 0 aliphatic rings. The summed E-state index contributed by atoms with van der Waals surface area (Å²) < 4.78 is 5.41. The quantitative estimate of drug-likeness (QED) is 0.673. The smallest absolute Gasteiger partial charge is 0.313 e. The molecule has 21 heavy (non-hydrogen) atoms. The molecule has 0 bridgehead atoms. The standard InChI is InChI=1S/C13H10Cl2N2O4/c1-7(18)11-3-2-8(6-16-11)21-13-5-10(15)9(14)4-12(13)17(19)20/h2-7,18H,1H3/t7-/m1/s1. The molecule has 0 spiro atoms. The first-order valence-electron chi connectivity index (χ1n) is 5.84. The van der Waals surface area contributed by atoms with Crippen molar-refractivity contribution >= 4 is 28.9 Å². The number of hydrogen-bond donors (Lipinski definition) is 1. The molecular weight excluding hydrogens is 319 g/mol. The van der Waals surface area contributed by atoms with Crippen LogP contribution in [0.5, 0.6) is 11.5 Å². The zero-order chi connectivity index (χ0) is 15.6. The number of aliphatic hydroxyl groups is 1. The molecule has 1 N–H and O–H groups in total. The maximum absolute atomic E-state index is 11.0. The van der Waals surface area contributed by atoms with Crippen molar-refractivity contribution < 1.29 is 14.8 Å². The Labute approximate surface area is 130 Å². The maximum atomic E-state index is 11.0. The average Bonchev–Trinajstić information content (AvgIpc) is 2.43. The lowest BCUT2D eigenvalue weighted by Crippen LogP contribution is -1.97. The van der Waals surface area contributed by atoms with Gasteiger partial charge in [0.2, 0.25) is 5.75 Å². The van der Waals surface area contributed by atoms with E-state index in [0.29, 0.717) is 5.69 Å². The number of aliphatic hydroxyl groups excluding tert-OH is 1. The molecule has 110 valence electrons. The van der Waals surface area contributed by atoms with E-state index in [1.54, 1.807) is 19.1 Å². The van der Waals surface area contributed by atoms with Crippen LogP contribution in [-0.2, 0) is 0 Å². The van der Waals surface area contributed by atoms with Crippen molar-refractivity contribution in [1.29, 1.82) is 0 Å². The van der Waals surface area contributed by atoms with Crippen LogP contribution in [0.2, 0.25) is 10.0 Å². The fourth-order valence-corrected chi connectivity index (χ4v) is 1.88. The van der Waals surface area contributed by atoms with Gasteiger partial charge in [-0.1, -0.05) is 23.2 Å². The fourth-order valence-electron chi connectivity index (χ4n) is 1.57. The van der Waals surface area contributed by atoms with Crippen molar-refractivity contribution in [1.82, 2.24) is 4.98 Å². The van der Waals surface area contributed by atoms with E-state index in [1.165, 1.54) is 12.3 Å². The molecule has 8 heteroatoms. The van der Waals surface area contributed by atoms with Gasteiger partial charge in [0.05, 0.1) is 33.0 Å². The van der Waals surface area contributed by atoms with Crippen LogP contribution in [0.15, 0.2) is 30.5 Å². The van der Waals surface area contributed by atoms with Crippen LogP contribution in [0, 0.1) is 10.1 Å². The van der Waals surface area contributed by atoms with Gasteiger partial charge in [-0.3, -0.25) is 15.1 Å². The summed E-state index contributed by atoms with van der Waals surface area (Å²) in [5.41, 5.74) is 0.162. The Morgan fingerprint density at radius 2 is 2.00 bits per heavy atom. The van der Waals surface area contributed by atoms with Gasteiger partial charge in [0.1, 0.15) is 5.75 Å². The van der Waals surface area contributed by atoms with E-state index in [-0.39, 0.29) is 27.2 Å². The largest absolute Gasteiger partial charge is 0.448 e. The van der Waals surface area contributed by atoms with Gasteiger partial charge >= 0.3 is 5.69 Å². The summed E-state index contributed by atoms with van der Waals surface area (Å²) in [6, 6.07) is 5.49. The van der Waals surface area contributed by atoms with Crippen LogP contribution in [0.1, 0.15) is 18.7 Å². The minimum Gasteiger partial charge on any atom is -0.448 e. The van der Waals surface area contributed by atoms with Crippen LogP contribution >= 0.6 is 23.2 Å². The minimum atomic E-state index is -0.710.